The molecule has 23 heavy (non-hydrogen) atoms. The zero-order valence-corrected chi connectivity index (χ0v) is 15.1. The topological polar surface area (TPSA) is 50.1 Å². The highest BCUT2D eigenvalue weighted by Gasteiger charge is 2.34. The van der Waals surface area contributed by atoms with Gasteiger partial charge in [0, 0.05) is 5.41 Å². The van der Waals surface area contributed by atoms with E-state index in [1.165, 1.54) is 5.56 Å². The molecule has 0 amide bonds. The van der Waals surface area contributed by atoms with Gasteiger partial charge in [-0.15, -0.1) is 0 Å². The van der Waals surface area contributed by atoms with Crippen molar-refractivity contribution in [3.8, 4) is 11.8 Å². The van der Waals surface area contributed by atoms with Crippen molar-refractivity contribution in [2.45, 2.75) is 53.9 Å². The number of benzene rings is 1. The van der Waals surface area contributed by atoms with Crippen molar-refractivity contribution in [3.05, 3.63) is 33.9 Å². The van der Waals surface area contributed by atoms with Gasteiger partial charge in [0.05, 0.1) is 12.7 Å². The number of nitrogens with zero attached hydrogens (tertiary/aromatic N) is 1. The number of hydrogen-bond donors (Lipinski definition) is 0. The van der Waals surface area contributed by atoms with E-state index >= 15 is 0 Å². The average Bonchev–Trinajstić information content (AvgIpc) is 2.76. The number of carbonyl (C=O) groups is 1. The Balaban J connectivity index is 2.76. The second-order valence-corrected chi connectivity index (χ2v) is 7.46. The smallest absolute Gasteiger partial charge is 0.178 e. The lowest BCUT2D eigenvalue weighted by molar-refractivity contribution is -0.122. The summed E-state index contributed by atoms with van der Waals surface area (Å²) in [5.74, 6) is 1.10. The summed E-state index contributed by atoms with van der Waals surface area (Å²) in [6.45, 7) is 11.8. The monoisotopic (exact) mass is 311 g/mol. The predicted octanol–water partition coefficient (Wildman–Crippen LogP) is 4.71. The first-order valence-electron chi connectivity index (χ1n) is 8.00. The highest BCUT2D eigenvalue weighted by Crippen LogP contribution is 2.47. The summed E-state index contributed by atoms with van der Waals surface area (Å²) < 4.78 is 5.53. The molecular weight excluding hydrogens is 286 g/mol. The van der Waals surface area contributed by atoms with Crippen LogP contribution in [0.1, 0.15) is 62.3 Å². The molecule has 0 aliphatic heterocycles. The molecule has 1 aliphatic carbocycles. The van der Waals surface area contributed by atoms with Crippen LogP contribution in [0.4, 0.5) is 0 Å². The Kier molecular flexibility index (Phi) is 4.39. The maximum absolute atomic E-state index is 12.7. The van der Waals surface area contributed by atoms with Crippen LogP contribution >= 0.6 is 0 Å². The highest BCUT2D eigenvalue weighted by molar-refractivity contribution is 6.09. The van der Waals surface area contributed by atoms with E-state index in [0.717, 1.165) is 34.4 Å². The fourth-order valence-corrected chi connectivity index (χ4v) is 3.56. The number of Topliss-reactive ketones (excluding diaryl/α,β-unsaturated/α-hetero) is 1. The second kappa shape index (κ2) is 5.85. The Morgan fingerprint density at radius 1 is 1.35 bits per heavy atom. The third-order valence-corrected chi connectivity index (χ3v) is 4.61. The first-order chi connectivity index (χ1) is 10.6. The fourth-order valence-electron chi connectivity index (χ4n) is 3.56. The largest absolute Gasteiger partial charge is 0.496 e. The Morgan fingerprint density at radius 3 is 2.43 bits per heavy atom. The van der Waals surface area contributed by atoms with Crippen LogP contribution in [0.2, 0.25) is 0 Å². The van der Waals surface area contributed by atoms with Gasteiger partial charge >= 0.3 is 0 Å². The molecule has 0 radical (unpaired) electrons. The van der Waals surface area contributed by atoms with Gasteiger partial charge in [0.15, 0.2) is 5.78 Å². The lowest BCUT2D eigenvalue weighted by Gasteiger charge is -2.18. The lowest BCUT2D eigenvalue weighted by atomic mass is 9.83. The summed E-state index contributed by atoms with van der Waals surface area (Å²) in [7, 11) is 1.68. The molecule has 1 atom stereocenters. The third-order valence-electron chi connectivity index (χ3n) is 4.61. The van der Waals surface area contributed by atoms with Crippen molar-refractivity contribution in [1.82, 2.24) is 0 Å². The van der Waals surface area contributed by atoms with Gasteiger partial charge in [-0.3, -0.25) is 4.79 Å². The maximum atomic E-state index is 12.7. The number of nitriles is 1. The summed E-state index contributed by atoms with van der Waals surface area (Å²) in [4.78, 5) is 12.7. The molecule has 1 unspecified atom stereocenters. The Morgan fingerprint density at radius 2 is 1.96 bits per heavy atom. The van der Waals surface area contributed by atoms with Crippen LogP contribution in [0.5, 0.6) is 5.75 Å². The third kappa shape index (κ3) is 2.79. The minimum absolute atomic E-state index is 0.0822. The van der Waals surface area contributed by atoms with Gasteiger partial charge in [-0.05, 0) is 60.1 Å². The molecule has 3 heteroatoms. The molecule has 1 aromatic carbocycles. The minimum atomic E-state index is -0.555. The molecule has 0 bridgehead atoms. The minimum Gasteiger partial charge on any atom is -0.496 e. The summed E-state index contributed by atoms with van der Waals surface area (Å²) in [5.41, 5.74) is 5.05. The zero-order chi connectivity index (χ0) is 17.5. The maximum Gasteiger partial charge on any atom is 0.178 e. The van der Waals surface area contributed by atoms with Crippen molar-refractivity contribution in [2.24, 2.45) is 5.41 Å². The van der Waals surface area contributed by atoms with E-state index in [1.54, 1.807) is 7.11 Å². The molecule has 1 aliphatic rings. The molecule has 1 aromatic rings. The molecule has 0 aromatic heterocycles. The van der Waals surface area contributed by atoms with E-state index in [9.17, 15) is 10.1 Å². The molecule has 122 valence electrons. The van der Waals surface area contributed by atoms with E-state index in [2.05, 4.69) is 26.0 Å². The van der Waals surface area contributed by atoms with Gasteiger partial charge in [0.2, 0.25) is 0 Å². The van der Waals surface area contributed by atoms with E-state index in [1.807, 2.05) is 27.7 Å². The first-order valence-corrected chi connectivity index (χ1v) is 8.00. The molecule has 0 saturated heterocycles. The lowest BCUT2D eigenvalue weighted by Crippen LogP contribution is -2.22. The zero-order valence-electron chi connectivity index (χ0n) is 15.1. The van der Waals surface area contributed by atoms with E-state index < -0.39 is 5.41 Å². The standard InChI is InChI=1S/C20H25NO2/c1-11-8-14(16(10-21)19(22)20(4,5)6)15-9-12(2)18(23-7)13(3)17(11)15/h9,11H,8H2,1-7H3/b16-14+. The van der Waals surface area contributed by atoms with Gasteiger partial charge in [0.25, 0.3) is 0 Å². The number of ketones is 1. The molecular formula is C20H25NO2. The van der Waals surface area contributed by atoms with Crippen LogP contribution in [-0.2, 0) is 4.79 Å². The summed E-state index contributed by atoms with van der Waals surface area (Å²) >= 11 is 0. The number of hydrogen-bond acceptors (Lipinski definition) is 3. The Labute approximate surface area is 139 Å². The molecule has 0 heterocycles. The second-order valence-electron chi connectivity index (χ2n) is 7.46. The van der Waals surface area contributed by atoms with Crippen molar-refractivity contribution < 1.29 is 9.53 Å². The highest BCUT2D eigenvalue weighted by atomic mass is 16.5. The number of ether oxygens (including phenoxy) is 1. The normalized spacial score (nSPS) is 19.1. The number of allylic oxidation sites excluding steroid dienone is 2. The molecule has 0 spiro atoms. The summed E-state index contributed by atoms with van der Waals surface area (Å²) in [5, 5.41) is 9.62. The quantitative estimate of drug-likeness (QED) is 0.587. The van der Waals surface area contributed by atoms with Crippen LogP contribution < -0.4 is 4.74 Å². The Hall–Kier alpha value is -2.08. The number of methoxy groups -OCH3 is 1. The SMILES string of the molecule is COc1c(C)cc2c(c1C)C(C)C/C2=C(/C#N)C(=O)C(C)(C)C. The van der Waals surface area contributed by atoms with Gasteiger partial charge in [-0.25, -0.2) is 0 Å². The molecule has 0 N–H and O–H groups in total. The number of carbonyl (C=O) groups excluding carboxylic acids is 1. The number of aryl methyl sites for hydroxylation is 1. The van der Waals surface area contributed by atoms with Gasteiger partial charge in [-0.1, -0.05) is 27.7 Å². The Bertz CT molecular complexity index is 742. The summed E-state index contributed by atoms with van der Waals surface area (Å²) in [6.07, 6.45) is 0.730. The van der Waals surface area contributed by atoms with Crippen LogP contribution in [0, 0.1) is 30.6 Å². The van der Waals surface area contributed by atoms with Crippen molar-refractivity contribution >= 4 is 11.4 Å². The van der Waals surface area contributed by atoms with Gasteiger partial charge < -0.3 is 4.74 Å². The van der Waals surface area contributed by atoms with Crippen molar-refractivity contribution in [3.63, 3.8) is 0 Å². The average molecular weight is 311 g/mol. The number of fused-ring (bicyclic) bond motifs is 1. The fraction of sp³-hybridized carbons (Fsp3) is 0.500. The van der Waals surface area contributed by atoms with Crippen LogP contribution in [0.25, 0.3) is 5.57 Å². The summed E-state index contributed by atoms with van der Waals surface area (Å²) in [6, 6.07) is 4.24. The van der Waals surface area contributed by atoms with Crippen LogP contribution in [-0.4, -0.2) is 12.9 Å². The first kappa shape index (κ1) is 17.3. The van der Waals surface area contributed by atoms with Crippen molar-refractivity contribution in [2.75, 3.05) is 7.11 Å². The molecule has 0 saturated carbocycles. The molecule has 2 rings (SSSR count). The van der Waals surface area contributed by atoms with Crippen LogP contribution in [0.3, 0.4) is 0 Å². The van der Waals surface area contributed by atoms with E-state index in [4.69, 9.17) is 4.74 Å². The van der Waals surface area contributed by atoms with Crippen LogP contribution in [0.15, 0.2) is 11.6 Å². The van der Waals surface area contributed by atoms with E-state index in [0.29, 0.717) is 5.57 Å². The van der Waals surface area contributed by atoms with Crippen molar-refractivity contribution in [1.29, 1.82) is 5.26 Å². The van der Waals surface area contributed by atoms with E-state index in [-0.39, 0.29) is 11.7 Å². The predicted molar refractivity (Wildman–Crippen MR) is 92.5 cm³/mol. The molecule has 0 fully saturated rings. The molecule has 3 nitrogen and oxygen atoms in total. The number of rotatable bonds is 2. The van der Waals surface area contributed by atoms with Gasteiger partial charge in [0.1, 0.15) is 11.8 Å². The van der Waals surface area contributed by atoms with Gasteiger partial charge in [-0.2, -0.15) is 5.26 Å².